The second kappa shape index (κ2) is 7.81. The number of benzene rings is 1. The Kier molecular flexibility index (Phi) is 5.51. The molecule has 4 heteroatoms. The van der Waals surface area contributed by atoms with Crippen molar-refractivity contribution in [3.05, 3.63) is 83.5 Å². The normalized spacial score (nSPS) is 12.3. The van der Waals surface area contributed by atoms with Gasteiger partial charge >= 0.3 is 0 Å². The molecule has 0 radical (unpaired) electrons. The van der Waals surface area contributed by atoms with Crippen LogP contribution in [-0.2, 0) is 11.4 Å². The van der Waals surface area contributed by atoms with Crippen LogP contribution in [0.3, 0.4) is 0 Å². The molecule has 0 saturated carbocycles. The Balaban J connectivity index is 1.96. The van der Waals surface area contributed by atoms with Crippen molar-refractivity contribution < 1.29 is 19.4 Å². The van der Waals surface area contributed by atoms with Gasteiger partial charge in [0.2, 0.25) is 0 Å². The van der Waals surface area contributed by atoms with Crippen molar-refractivity contribution in [1.29, 1.82) is 0 Å². The predicted molar refractivity (Wildman–Crippen MR) is 84.9 cm³/mol. The number of hydrogen-bond acceptors (Lipinski definition) is 4. The van der Waals surface area contributed by atoms with Crippen LogP contribution in [0.2, 0.25) is 0 Å². The van der Waals surface area contributed by atoms with Crippen LogP contribution < -0.4 is 0 Å². The fraction of sp³-hybridized carbons (Fsp3) is 0.0556. The van der Waals surface area contributed by atoms with Gasteiger partial charge in [0, 0.05) is 6.08 Å². The predicted octanol–water partition coefficient (Wildman–Crippen LogP) is 3.51. The number of rotatable bonds is 6. The summed E-state index contributed by atoms with van der Waals surface area (Å²) < 4.78 is 5.21. The number of furan rings is 1. The maximum atomic E-state index is 11.7. The summed E-state index contributed by atoms with van der Waals surface area (Å²) in [6.07, 6.45) is 7.05. The molecule has 0 amide bonds. The third-order valence-electron chi connectivity index (χ3n) is 2.79. The first-order chi connectivity index (χ1) is 10.7. The van der Waals surface area contributed by atoms with E-state index in [0.29, 0.717) is 11.5 Å². The first kappa shape index (κ1) is 15.5. The van der Waals surface area contributed by atoms with Gasteiger partial charge in [-0.15, -0.1) is 0 Å². The Morgan fingerprint density at radius 2 is 1.82 bits per heavy atom. The maximum absolute atomic E-state index is 11.7. The van der Waals surface area contributed by atoms with Crippen LogP contribution in [0.15, 0.2) is 70.9 Å². The van der Waals surface area contributed by atoms with Crippen LogP contribution in [0.4, 0.5) is 0 Å². The molecule has 0 fully saturated rings. The Labute approximate surface area is 128 Å². The fourth-order valence-electron chi connectivity index (χ4n) is 1.72. The maximum Gasteiger partial charge on any atom is 0.182 e. The number of ketones is 1. The van der Waals surface area contributed by atoms with E-state index >= 15 is 0 Å². The van der Waals surface area contributed by atoms with Gasteiger partial charge in [-0.2, -0.15) is 0 Å². The van der Waals surface area contributed by atoms with E-state index in [1.165, 1.54) is 18.2 Å². The molecule has 0 unspecified atom stereocenters. The zero-order valence-electron chi connectivity index (χ0n) is 11.8. The van der Waals surface area contributed by atoms with Gasteiger partial charge in [-0.3, -0.25) is 4.79 Å². The first-order valence-corrected chi connectivity index (χ1v) is 6.73. The number of carbonyl (C=O) groups is 1. The van der Waals surface area contributed by atoms with Crippen molar-refractivity contribution in [2.45, 2.75) is 6.61 Å². The van der Waals surface area contributed by atoms with Crippen LogP contribution in [0.25, 0.3) is 12.2 Å². The van der Waals surface area contributed by atoms with Gasteiger partial charge < -0.3 is 14.6 Å². The number of allylic oxidation sites excluding steroid dienone is 3. The van der Waals surface area contributed by atoms with E-state index in [0.717, 1.165) is 11.6 Å². The molecular weight excluding hydrogens is 280 g/mol. The number of aliphatic hydroxyl groups is 2. The van der Waals surface area contributed by atoms with Crippen molar-refractivity contribution >= 4 is 17.9 Å². The molecule has 1 aromatic carbocycles. The molecule has 1 aromatic heterocycles. The molecule has 2 N–H and O–H groups in total. The lowest BCUT2D eigenvalue weighted by molar-refractivity contribution is -0.110. The molecule has 1 heterocycles. The van der Waals surface area contributed by atoms with Gasteiger partial charge in [0.05, 0.1) is 0 Å². The highest BCUT2D eigenvalue weighted by molar-refractivity contribution is 6.02. The molecule has 0 aliphatic carbocycles. The third kappa shape index (κ3) is 4.92. The van der Waals surface area contributed by atoms with Crippen molar-refractivity contribution in [2.24, 2.45) is 0 Å². The van der Waals surface area contributed by atoms with Gasteiger partial charge in [0.25, 0.3) is 0 Å². The smallest absolute Gasteiger partial charge is 0.182 e. The quantitative estimate of drug-likeness (QED) is 0.486. The lowest BCUT2D eigenvalue weighted by Crippen LogP contribution is -1.88. The average molecular weight is 296 g/mol. The van der Waals surface area contributed by atoms with Gasteiger partial charge in [-0.25, -0.2) is 0 Å². The van der Waals surface area contributed by atoms with E-state index in [9.17, 15) is 9.90 Å². The standard InChI is InChI=1S/C18H16O4/c19-13-18-11-10-17(22-18)9-8-16(21)12-15(20)7-6-14-4-2-1-3-5-14/h1-12,19-20H,13H2/b7-6+,9-8+,15-12?. The van der Waals surface area contributed by atoms with Crippen molar-refractivity contribution in [3.8, 4) is 0 Å². The minimum Gasteiger partial charge on any atom is -0.508 e. The summed E-state index contributed by atoms with van der Waals surface area (Å²) in [6.45, 7) is -0.188. The monoisotopic (exact) mass is 296 g/mol. The highest BCUT2D eigenvalue weighted by Gasteiger charge is 1.98. The lowest BCUT2D eigenvalue weighted by Gasteiger charge is -1.92. The Hall–Kier alpha value is -2.85. The lowest BCUT2D eigenvalue weighted by atomic mass is 10.2. The van der Waals surface area contributed by atoms with Gasteiger partial charge in [0.1, 0.15) is 23.9 Å². The molecule has 2 aromatic rings. The summed E-state index contributed by atoms with van der Waals surface area (Å²) in [6, 6.07) is 12.7. The van der Waals surface area contributed by atoms with Crippen molar-refractivity contribution in [1.82, 2.24) is 0 Å². The van der Waals surface area contributed by atoms with E-state index in [2.05, 4.69) is 0 Å². The molecule has 22 heavy (non-hydrogen) atoms. The van der Waals surface area contributed by atoms with E-state index in [4.69, 9.17) is 9.52 Å². The van der Waals surface area contributed by atoms with E-state index in [1.54, 1.807) is 18.2 Å². The molecule has 0 bridgehead atoms. The fourth-order valence-corrected chi connectivity index (χ4v) is 1.72. The second-order valence-corrected chi connectivity index (χ2v) is 4.51. The SMILES string of the molecule is O=C(C=C(O)/C=C/c1ccccc1)/C=C/c1ccc(CO)o1. The second-order valence-electron chi connectivity index (χ2n) is 4.51. The summed E-state index contributed by atoms with van der Waals surface area (Å²) in [7, 11) is 0. The highest BCUT2D eigenvalue weighted by atomic mass is 16.4. The molecule has 0 spiro atoms. The molecule has 0 atom stereocenters. The third-order valence-corrected chi connectivity index (χ3v) is 2.79. The average Bonchev–Trinajstić information content (AvgIpc) is 3.00. The van der Waals surface area contributed by atoms with Gasteiger partial charge in [-0.05, 0) is 35.9 Å². The van der Waals surface area contributed by atoms with Crippen LogP contribution >= 0.6 is 0 Å². The molecular formula is C18H16O4. The summed E-state index contributed by atoms with van der Waals surface area (Å²) in [5.74, 6) is 0.396. The largest absolute Gasteiger partial charge is 0.508 e. The summed E-state index contributed by atoms with van der Waals surface area (Å²) in [4.78, 5) is 11.7. The molecule has 112 valence electrons. The Bertz CT molecular complexity index is 706. The molecule has 0 saturated heterocycles. The number of carbonyl (C=O) groups excluding carboxylic acids is 1. The van der Waals surface area contributed by atoms with Crippen LogP contribution in [0.5, 0.6) is 0 Å². The van der Waals surface area contributed by atoms with E-state index in [-0.39, 0.29) is 18.1 Å². The highest BCUT2D eigenvalue weighted by Crippen LogP contribution is 2.09. The van der Waals surface area contributed by atoms with Crippen LogP contribution in [-0.4, -0.2) is 16.0 Å². The first-order valence-electron chi connectivity index (χ1n) is 6.73. The Morgan fingerprint density at radius 1 is 1.05 bits per heavy atom. The van der Waals surface area contributed by atoms with Crippen LogP contribution in [0.1, 0.15) is 17.1 Å². The van der Waals surface area contributed by atoms with Crippen LogP contribution in [0, 0.1) is 0 Å². The van der Waals surface area contributed by atoms with E-state index < -0.39 is 0 Å². The molecule has 4 nitrogen and oxygen atoms in total. The molecule has 0 aliphatic heterocycles. The molecule has 2 rings (SSSR count). The van der Waals surface area contributed by atoms with E-state index in [1.807, 2.05) is 30.3 Å². The van der Waals surface area contributed by atoms with Crippen molar-refractivity contribution in [3.63, 3.8) is 0 Å². The zero-order valence-corrected chi connectivity index (χ0v) is 11.8. The minimum atomic E-state index is -0.364. The summed E-state index contributed by atoms with van der Waals surface area (Å²) in [5, 5.41) is 18.5. The van der Waals surface area contributed by atoms with Crippen molar-refractivity contribution in [2.75, 3.05) is 0 Å². The zero-order chi connectivity index (χ0) is 15.8. The summed E-state index contributed by atoms with van der Waals surface area (Å²) in [5.41, 5.74) is 0.928. The Morgan fingerprint density at radius 3 is 2.50 bits per heavy atom. The summed E-state index contributed by atoms with van der Waals surface area (Å²) >= 11 is 0. The molecule has 0 aliphatic rings. The number of aliphatic hydroxyl groups excluding tert-OH is 2. The van der Waals surface area contributed by atoms with Gasteiger partial charge in [0.15, 0.2) is 5.78 Å². The minimum absolute atomic E-state index is 0.131. The topological polar surface area (TPSA) is 70.7 Å². The number of hydrogen-bond donors (Lipinski definition) is 2. The van der Waals surface area contributed by atoms with Gasteiger partial charge in [-0.1, -0.05) is 36.4 Å².